The highest BCUT2D eigenvalue weighted by atomic mass is 19.2. The van der Waals surface area contributed by atoms with Gasteiger partial charge in [-0.2, -0.15) is 0 Å². The third-order valence-corrected chi connectivity index (χ3v) is 2.16. The van der Waals surface area contributed by atoms with Gasteiger partial charge in [-0.05, 0) is 32.6 Å². The Bertz CT molecular complexity index is 169. The summed E-state index contributed by atoms with van der Waals surface area (Å²) in [6.07, 6.45) is 0.606. The fourth-order valence-electron chi connectivity index (χ4n) is 1.35. The second-order valence-corrected chi connectivity index (χ2v) is 2.97. The molecule has 1 nitrogen and oxygen atoms in total. The van der Waals surface area contributed by atoms with Gasteiger partial charge in [0.2, 0.25) is 5.67 Å². The third kappa shape index (κ3) is 1.42. The van der Waals surface area contributed by atoms with Crippen molar-refractivity contribution in [2.45, 2.75) is 38.3 Å². The average molecular weight is 161 g/mol. The van der Waals surface area contributed by atoms with Crippen LogP contribution in [0.5, 0.6) is 0 Å². The van der Waals surface area contributed by atoms with Crippen LogP contribution in [-0.2, 0) is 4.79 Å². The quantitative estimate of drug-likeness (QED) is 0.577. The molecule has 63 valence electrons. The van der Waals surface area contributed by atoms with Gasteiger partial charge in [0.15, 0.2) is 12.0 Å². The van der Waals surface area contributed by atoms with Gasteiger partial charge in [-0.25, -0.2) is 8.78 Å². The van der Waals surface area contributed by atoms with Crippen molar-refractivity contribution in [1.29, 1.82) is 0 Å². The summed E-state index contributed by atoms with van der Waals surface area (Å²) < 4.78 is 26.1. The molecule has 1 rings (SSSR count). The number of ketones is 1. The van der Waals surface area contributed by atoms with Crippen LogP contribution in [0, 0.1) is 6.17 Å². The smallest absolute Gasteiger partial charge is 0.205 e. The third-order valence-electron chi connectivity index (χ3n) is 2.16. The maximum Gasteiger partial charge on any atom is 0.205 e. The Kier molecular flexibility index (Phi) is 2.25. The van der Waals surface area contributed by atoms with Crippen LogP contribution < -0.4 is 0 Å². The van der Waals surface area contributed by atoms with Crippen molar-refractivity contribution in [1.82, 2.24) is 0 Å². The van der Waals surface area contributed by atoms with Gasteiger partial charge in [0, 0.05) is 0 Å². The summed E-state index contributed by atoms with van der Waals surface area (Å²) in [5, 5.41) is 0. The first-order valence-corrected chi connectivity index (χ1v) is 3.79. The van der Waals surface area contributed by atoms with Crippen LogP contribution >= 0.6 is 0 Å². The van der Waals surface area contributed by atoms with Crippen molar-refractivity contribution in [2.24, 2.45) is 0 Å². The summed E-state index contributed by atoms with van der Waals surface area (Å²) in [4.78, 5) is 10.7. The first kappa shape index (κ1) is 8.62. The molecule has 0 aliphatic heterocycles. The SMILES string of the molecule is CC(=O)C1(F)CCCC[C]1F. The van der Waals surface area contributed by atoms with E-state index in [0.717, 1.165) is 6.92 Å². The minimum Gasteiger partial charge on any atom is -0.296 e. The lowest BCUT2D eigenvalue weighted by molar-refractivity contribution is -0.130. The van der Waals surface area contributed by atoms with E-state index in [0.29, 0.717) is 12.8 Å². The number of Topliss-reactive ketones (excluding diaryl/α,β-unsaturated/α-hetero) is 1. The van der Waals surface area contributed by atoms with Gasteiger partial charge in [0.1, 0.15) is 0 Å². The van der Waals surface area contributed by atoms with Crippen LogP contribution in [0.25, 0.3) is 0 Å². The molecule has 11 heavy (non-hydrogen) atoms. The highest BCUT2D eigenvalue weighted by Crippen LogP contribution is 2.40. The second kappa shape index (κ2) is 2.88. The normalized spacial score (nSPS) is 33.7. The van der Waals surface area contributed by atoms with Crippen molar-refractivity contribution < 1.29 is 13.6 Å². The van der Waals surface area contributed by atoms with Crippen LogP contribution in [0.15, 0.2) is 0 Å². The molecule has 0 N–H and O–H groups in total. The Morgan fingerprint density at radius 2 is 2.18 bits per heavy atom. The van der Waals surface area contributed by atoms with Crippen molar-refractivity contribution in [2.75, 3.05) is 0 Å². The maximum absolute atomic E-state index is 13.3. The van der Waals surface area contributed by atoms with Gasteiger partial charge < -0.3 is 0 Å². The van der Waals surface area contributed by atoms with Crippen molar-refractivity contribution in [3.63, 3.8) is 0 Å². The molecule has 1 atom stereocenters. The molecular weight excluding hydrogens is 150 g/mol. The molecule has 1 fully saturated rings. The van der Waals surface area contributed by atoms with Crippen molar-refractivity contribution in [3.8, 4) is 0 Å². The maximum atomic E-state index is 13.3. The van der Waals surface area contributed by atoms with Crippen LogP contribution in [-0.4, -0.2) is 11.5 Å². The highest BCUT2D eigenvalue weighted by Gasteiger charge is 2.46. The van der Waals surface area contributed by atoms with Gasteiger partial charge in [0.05, 0.1) is 0 Å². The Hall–Kier alpha value is -0.470. The average Bonchev–Trinajstić information content (AvgIpc) is 1.95. The molecule has 0 bridgehead atoms. The minimum atomic E-state index is -2.25. The number of halogens is 2. The molecule has 1 unspecified atom stereocenters. The van der Waals surface area contributed by atoms with Crippen LogP contribution in [0.3, 0.4) is 0 Å². The highest BCUT2D eigenvalue weighted by molar-refractivity contribution is 5.87. The molecule has 0 aromatic carbocycles. The lowest BCUT2D eigenvalue weighted by Gasteiger charge is -2.29. The van der Waals surface area contributed by atoms with Crippen LogP contribution in [0.2, 0.25) is 0 Å². The van der Waals surface area contributed by atoms with E-state index in [1.54, 1.807) is 0 Å². The number of carbonyl (C=O) groups is 1. The number of carbonyl (C=O) groups excluding carboxylic acids is 1. The van der Waals surface area contributed by atoms with Gasteiger partial charge in [-0.3, -0.25) is 4.79 Å². The van der Waals surface area contributed by atoms with Crippen LogP contribution in [0.4, 0.5) is 8.78 Å². The predicted molar refractivity (Wildman–Crippen MR) is 37.3 cm³/mol. The number of hydrogen-bond acceptors (Lipinski definition) is 1. The summed E-state index contributed by atoms with van der Waals surface area (Å²) in [5.41, 5.74) is -2.25. The monoisotopic (exact) mass is 161 g/mol. The Morgan fingerprint density at radius 1 is 1.55 bits per heavy atom. The van der Waals surface area contributed by atoms with Gasteiger partial charge in [-0.1, -0.05) is 0 Å². The van der Waals surface area contributed by atoms with E-state index in [1.165, 1.54) is 0 Å². The molecule has 0 amide bonds. The summed E-state index contributed by atoms with van der Waals surface area (Å²) in [6.45, 7) is 1.10. The fourth-order valence-corrected chi connectivity index (χ4v) is 1.35. The summed E-state index contributed by atoms with van der Waals surface area (Å²) in [5.74, 6) is -0.699. The molecular formula is C8H11F2O. The largest absolute Gasteiger partial charge is 0.296 e. The molecule has 0 aromatic rings. The van der Waals surface area contributed by atoms with Crippen molar-refractivity contribution in [3.05, 3.63) is 6.17 Å². The van der Waals surface area contributed by atoms with E-state index in [2.05, 4.69) is 0 Å². The van der Waals surface area contributed by atoms with Gasteiger partial charge in [-0.15, -0.1) is 0 Å². The van der Waals surface area contributed by atoms with E-state index >= 15 is 0 Å². The minimum absolute atomic E-state index is 0.0220. The molecule has 0 aromatic heterocycles. The van der Waals surface area contributed by atoms with Gasteiger partial charge >= 0.3 is 0 Å². The topological polar surface area (TPSA) is 17.1 Å². The van der Waals surface area contributed by atoms with E-state index in [4.69, 9.17) is 0 Å². The lowest BCUT2D eigenvalue weighted by atomic mass is 9.82. The molecule has 0 spiro atoms. The Morgan fingerprint density at radius 3 is 2.55 bits per heavy atom. The summed E-state index contributed by atoms with van der Waals surface area (Å²) in [6, 6.07) is 0. The van der Waals surface area contributed by atoms with E-state index < -0.39 is 17.6 Å². The number of rotatable bonds is 1. The molecule has 0 saturated heterocycles. The Labute approximate surface area is 64.8 Å². The zero-order valence-corrected chi connectivity index (χ0v) is 6.49. The number of alkyl halides is 1. The fraction of sp³-hybridized carbons (Fsp3) is 0.750. The van der Waals surface area contributed by atoms with E-state index in [1.807, 2.05) is 0 Å². The zero-order chi connectivity index (χ0) is 8.48. The first-order valence-electron chi connectivity index (χ1n) is 3.79. The molecule has 1 radical (unpaired) electrons. The van der Waals surface area contributed by atoms with Crippen LogP contribution in [0.1, 0.15) is 32.6 Å². The van der Waals surface area contributed by atoms with E-state index in [-0.39, 0.29) is 12.8 Å². The Balaban J connectivity index is 2.72. The first-order chi connectivity index (χ1) is 5.07. The predicted octanol–water partition coefficient (Wildman–Crippen LogP) is 2.36. The summed E-state index contributed by atoms with van der Waals surface area (Å²) >= 11 is 0. The van der Waals surface area contributed by atoms with Crippen molar-refractivity contribution >= 4 is 5.78 Å². The number of hydrogen-bond donors (Lipinski definition) is 0. The molecule has 0 heterocycles. The molecule has 1 aliphatic carbocycles. The molecule has 1 saturated carbocycles. The van der Waals surface area contributed by atoms with Gasteiger partial charge in [0.25, 0.3) is 0 Å². The molecule has 3 heteroatoms. The molecule has 1 aliphatic rings. The second-order valence-electron chi connectivity index (χ2n) is 2.97. The summed E-state index contributed by atoms with van der Waals surface area (Å²) in [7, 11) is 0. The lowest BCUT2D eigenvalue weighted by Crippen LogP contribution is -2.39. The standard InChI is InChI=1S/C8H11F2O/c1-6(11)8(10)5-3-2-4-7(8)9/h2-5H2,1H3. The zero-order valence-electron chi connectivity index (χ0n) is 6.49. The van der Waals surface area contributed by atoms with E-state index in [9.17, 15) is 13.6 Å².